The molecule has 0 saturated heterocycles. The maximum atomic E-state index is 4.93. The van der Waals surface area contributed by atoms with Crippen LogP contribution in [-0.2, 0) is 4.84 Å². The summed E-state index contributed by atoms with van der Waals surface area (Å²) in [6.45, 7) is 9.12. The van der Waals surface area contributed by atoms with Crippen molar-refractivity contribution in [3.8, 4) is 0 Å². The molecular weight excluding hydrogens is 126 g/mol. The fourth-order valence-electron chi connectivity index (χ4n) is 0.479. The minimum atomic E-state index is 0.350. The molecule has 0 atom stereocenters. The Kier molecular flexibility index (Phi) is 4.08. The fourth-order valence-corrected chi connectivity index (χ4v) is 0.479. The van der Waals surface area contributed by atoms with Crippen LogP contribution < -0.4 is 0 Å². The molecule has 0 rings (SSSR count). The van der Waals surface area contributed by atoms with E-state index in [2.05, 4.69) is 25.9 Å². The van der Waals surface area contributed by atoms with Crippen molar-refractivity contribution in [2.24, 2.45) is 10.6 Å². The van der Waals surface area contributed by atoms with Gasteiger partial charge in [0.1, 0.15) is 6.61 Å². The first-order valence-corrected chi connectivity index (χ1v) is 3.66. The predicted molar refractivity (Wildman–Crippen MR) is 44.2 cm³/mol. The summed E-state index contributed by atoms with van der Waals surface area (Å²) in [5.41, 5.74) is 0.350. The van der Waals surface area contributed by atoms with Gasteiger partial charge in [0.05, 0.1) is 0 Å². The van der Waals surface area contributed by atoms with Crippen molar-refractivity contribution in [1.29, 1.82) is 0 Å². The van der Waals surface area contributed by atoms with E-state index in [4.69, 9.17) is 4.84 Å². The molecule has 0 amide bonds. The lowest BCUT2D eigenvalue weighted by Crippen LogP contribution is -2.07. The Morgan fingerprint density at radius 3 is 2.40 bits per heavy atom. The van der Waals surface area contributed by atoms with Crippen LogP contribution in [0.15, 0.2) is 5.16 Å². The second kappa shape index (κ2) is 4.31. The summed E-state index contributed by atoms with van der Waals surface area (Å²) in [5, 5.41) is 3.65. The summed E-state index contributed by atoms with van der Waals surface area (Å²) in [4.78, 5) is 4.93. The minimum Gasteiger partial charge on any atom is -0.396 e. The molecule has 0 heterocycles. The lowest BCUT2D eigenvalue weighted by atomic mass is 9.93. The highest BCUT2D eigenvalue weighted by Crippen LogP contribution is 2.17. The zero-order valence-electron chi connectivity index (χ0n) is 7.35. The SMILES string of the molecule is CC=NOCCC(C)(C)C. The molecule has 0 saturated carbocycles. The van der Waals surface area contributed by atoms with Crippen LogP contribution in [0.25, 0.3) is 0 Å². The van der Waals surface area contributed by atoms with E-state index in [-0.39, 0.29) is 0 Å². The first-order valence-electron chi connectivity index (χ1n) is 3.66. The summed E-state index contributed by atoms with van der Waals surface area (Å²) in [7, 11) is 0. The highest BCUT2D eigenvalue weighted by molar-refractivity contribution is 5.52. The molecule has 0 fully saturated rings. The van der Waals surface area contributed by atoms with Crippen LogP contribution in [-0.4, -0.2) is 12.8 Å². The topological polar surface area (TPSA) is 21.6 Å². The standard InChI is InChI=1S/C8H17NO/c1-5-9-10-7-6-8(2,3)4/h5H,6-7H2,1-4H3. The quantitative estimate of drug-likeness (QED) is 0.338. The van der Waals surface area contributed by atoms with Gasteiger partial charge in [0.25, 0.3) is 0 Å². The first kappa shape index (κ1) is 9.47. The number of nitrogens with zero attached hydrogens (tertiary/aromatic N) is 1. The average Bonchev–Trinajstić information content (AvgIpc) is 1.78. The second-order valence-electron chi connectivity index (χ2n) is 3.51. The van der Waals surface area contributed by atoms with E-state index < -0.39 is 0 Å². The molecule has 10 heavy (non-hydrogen) atoms. The Morgan fingerprint density at radius 1 is 1.40 bits per heavy atom. The van der Waals surface area contributed by atoms with Crippen molar-refractivity contribution < 1.29 is 4.84 Å². The van der Waals surface area contributed by atoms with E-state index in [0.717, 1.165) is 6.42 Å². The monoisotopic (exact) mass is 143 g/mol. The maximum absolute atomic E-state index is 4.93. The van der Waals surface area contributed by atoms with Gasteiger partial charge in [-0.2, -0.15) is 0 Å². The summed E-state index contributed by atoms with van der Waals surface area (Å²) in [6, 6.07) is 0. The van der Waals surface area contributed by atoms with Crippen molar-refractivity contribution in [2.75, 3.05) is 6.61 Å². The molecule has 0 bridgehead atoms. The highest BCUT2D eigenvalue weighted by atomic mass is 16.6. The Bertz CT molecular complexity index is 102. The van der Waals surface area contributed by atoms with Gasteiger partial charge in [-0.1, -0.05) is 25.9 Å². The van der Waals surface area contributed by atoms with Crippen LogP contribution >= 0.6 is 0 Å². The molecule has 0 unspecified atom stereocenters. The summed E-state index contributed by atoms with van der Waals surface area (Å²) in [5.74, 6) is 0. The molecule has 60 valence electrons. The van der Waals surface area contributed by atoms with Crippen molar-refractivity contribution in [3.05, 3.63) is 0 Å². The summed E-state index contributed by atoms with van der Waals surface area (Å²) in [6.07, 6.45) is 2.70. The zero-order valence-corrected chi connectivity index (χ0v) is 7.35. The molecule has 0 spiro atoms. The van der Waals surface area contributed by atoms with E-state index in [0.29, 0.717) is 12.0 Å². The Balaban J connectivity index is 3.20. The zero-order chi connectivity index (χ0) is 8.04. The fraction of sp³-hybridized carbons (Fsp3) is 0.875. The lowest BCUT2D eigenvalue weighted by molar-refractivity contribution is 0.117. The van der Waals surface area contributed by atoms with E-state index >= 15 is 0 Å². The van der Waals surface area contributed by atoms with Gasteiger partial charge in [-0.3, -0.25) is 0 Å². The average molecular weight is 143 g/mol. The Morgan fingerprint density at radius 2 is 2.00 bits per heavy atom. The minimum absolute atomic E-state index is 0.350. The van der Waals surface area contributed by atoms with Gasteiger partial charge in [0.15, 0.2) is 0 Å². The molecule has 2 nitrogen and oxygen atoms in total. The lowest BCUT2D eigenvalue weighted by Gasteiger charge is -2.15. The maximum Gasteiger partial charge on any atom is 0.117 e. The van der Waals surface area contributed by atoms with Gasteiger partial charge in [0, 0.05) is 6.21 Å². The number of hydrogen-bond donors (Lipinski definition) is 0. The molecule has 2 heteroatoms. The highest BCUT2D eigenvalue weighted by Gasteiger charge is 2.08. The van der Waals surface area contributed by atoms with Crippen LogP contribution in [0.5, 0.6) is 0 Å². The second-order valence-corrected chi connectivity index (χ2v) is 3.51. The summed E-state index contributed by atoms with van der Waals surface area (Å²) >= 11 is 0. The third-order valence-electron chi connectivity index (χ3n) is 1.12. The van der Waals surface area contributed by atoms with Crippen molar-refractivity contribution >= 4 is 6.21 Å². The van der Waals surface area contributed by atoms with Crippen LogP contribution in [0.2, 0.25) is 0 Å². The number of oxime groups is 1. The van der Waals surface area contributed by atoms with Gasteiger partial charge in [-0.25, -0.2) is 0 Å². The molecule has 0 aliphatic heterocycles. The largest absolute Gasteiger partial charge is 0.396 e. The Labute approximate surface area is 63.3 Å². The third kappa shape index (κ3) is 7.47. The van der Waals surface area contributed by atoms with Crippen LogP contribution in [0.4, 0.5) is 0 Å². The smallest absolute Gasteiger partial charge is 0.117 e. The molecule has 0 N–H and O–H groups in total. The van der Waals surface area contributed by atoms with Crippen LogP contribution in [0, 0.1) is 5.41 Å². The van der Waals surface area contributed by atoms with Gasteiger partial charge >= 0.3 is 0 Å². The van der Waals surface area contributed by atoms with Crippen LogP contribution in [0.3, 0.4) is 0 Å². The molecule has 0 radical (unpaired) electrons. The number of rotatable bonds is 3. The van der Waals surface area contributed by atoms with Gasteiger partial charge in [0.2, 0.25) is 0 Å². The third-order valence-corrected chi connectivity index (χ3v) is 1.12. The molecule has 0 aliphatic carbocycles. The van der Waals surface area contributed by atoms with Crippen molar-refractivity contribution in [3.63, 3.8) is 0 Å². The number of hydrogen-bond acceptors (Lipinski definition) is 2. The van der Waals surface area contributed by atoms with Crippen molar-refractivity contribution in [2.45, 2.75) is 34.1 Å². The molecular formula is C8H17NO. The van der Waals surface area contributed by atoms with E-state index in [1.54, 1.807) is 6.21 Å². The van der Waals surface area contributed by atoms with Gasteiger partial charge < -0.3 is 4.84 Å². The summed E-state index contributed by atoms with van der Waals surface area (Å²) < 4.78 is 0. The molecule has 0 aromatic heterocycles. The molecule has 0 aromatic rings. The predicted octanol–water partition coefficient (Wildman–Crippen LogP) is 2.44. The van der Waals surface area contributed by atoms with Crippen molar-refractivity contribution in [1.82, 2.24) is 0 Å². The van der Waals surface area contributed by atoms with Gasteiger partial charge in [-0.05, 0) is 18.8 Å². The van der Waals surface area contributed by atoms with Gasteiger partial charge in [-0.15, -0.1) is 0 Å². The van der Waals surface area contributed by atoms with E-state index in [1.807, 2.05) is 6.92 Å². The van der Waals surface area contributed by atoms with E-state index in [1.165, 1.54) is 0 Å². The molecule has 0 aromatic carbocycles. The normalized spacial score (nSPS) is 12.4. The van der Waals surface area contributed by atoms with E-state index in [9.17, 15) is 0 Å². The Hall–Kier alpha value is -0.530. The van der Waals surface area contributed by atoms with Crippen LogP contribution in [0.1, 0.15) is 34.1 Å². The molecule has 0 aliphatic rings. The first-order chi connectivity index (χ1) is 4.56.